The van der Waals surface area contributed by atoms with Gasteiger partial charge in [0.25, 0.3) is 0 Å². The lowest BCUT2D eigenvalue weighted by Crippen LogP contribution is -2.00. The van der Waals surface area contributed by atoms with E-state index in [1.165, 1.54) is 65.2 Å². The monoisotopic (exact) mass is 901 g/mol. The van der Waals surface area contributed by atoms with Crippen LogP contribution >= 0.6 is 0 Å². The van der Waals surface area contributed by atoms with Crippen LogP contribution in [0.2, 0.25) is 0 Å². The maximum atomic E-state index is 5.71. The van der Waals surface area contributed by atoms with Crippen LogP contribution in [0.25, 0.3) is 138 Å². The van der Waals surface area contributed by atoms with Crippen LogP contribution in [-0.4, -0.2) is 14.5 Å². The fourth-order valence-corrected chi connectivity index (χ4v) is 11.1. The third-order valence-corrected chi connectivity index (χ3v) is 14.4. The Kier molecular flexibility index (Phi) is 9.53. The number of rotatable bonds is 7. The molecule has 14 rings (SSSR count). The lowest BCUT2D eigenvalue weighted by atomic mass is 9.86. The average molecular weight is 902 g/mol. The summed E-state index contributed by atoms with van der Waals surface area (Å²) >= 11 is 0. The molecule has 3 nitrogen and oxygen atoms in total. The molecular weight excluding hydrogens is 859 g/mol. The van der Waals surface area contributed by atoms with Gasteiger partial charge in [0.2, 0.25) is 0 Å². The van der Waals surface area contributed by atoms with Crippen LogP contribution in [0.15, 0.2) is 261 Å². The second kappa shape index (κ2) is 16.7. The van der Waals surface area contributed by atoms with Crippen molar-refractivity contribution in [2.75, 3.05) is 0 Å². The van der Waals surface area contributed by atoms with Gasteiger partial charge in [-0.15, -0.1) is 0 Å². The first-order valence-corrected chi connectivity index (χ1v) is 24.3. The van der Waals surface area contributed by atoms with Gasteiger partial charge in [-0.2, -0.15) is 0 Å². The highest BCUT2D eigenvalue weighted by molar-refractivity contribution is 6.23. The number of pyridine rings is 1. The molecule has 71 heavy (non-hydrogen) atoms. The molecule has 14 aromatic rings. The predicted molar refractivity (Wildman–Crippen MR) is 299 cm³/mol. The first-order valence-electron chi connectivity index (χ1n) is 24.3. The molecule has 0 saturated carbocycles. The molecular formula is C68H43N3. The van der Waals surface area contributed by atoms with Crippen molar-refractivity contribution < 1.29 is 0 Å². The predicted octanol–water partition coefficient (Wildman–Crippen LogP) is 18.2. The number of aromatic nitrogens is 3. The molecule has 2 aromatic heterocycles. The van der Waals surface area contributed by atoms with Gasteiger partial charge in [0.05, 0.1) is 22.6 Å². The summed E-state index contributed by atoms with van der Waals surface area (Å²) in [5, 5.41) is 13.3. The Bertz CT molecular complexity index is 4370. The van der Waals surface area contributed by atoms with Crippen LogP contribution in [0.4, 0.5) is 0 Å². The maximum Gasteiger partial charge on any atom is 0.145 e. The number of hydrogen-bond donors (Lipinski definition) is 0. The highest BCUT2D eigenvalue weighted by Crippen LogP contribution is 2.46. The van der Waals surface area contributed by atoms with Crippen molar-refractivity contribution in [2.24, 2.45) is 0 Å². The van der Waals surface area contributed by atoms with Gasteiger partial charge in [0.1, 0.15) is 5.82 Å². The molecule has 0 unspecified atom stereocenters. The smallest absolute Gasteiger partial charge is 0.145 e. The quantitative estimate of drug-likeness (QED) is 0.149. The van der Waals surface area contributed by atoms with Crippen LogP contribution in [0.3, 0.4) is 0 Å². The lowest BCUT2D eigenvalue weighted by Gasteiger charge is -2.19. The molecule has 0 N–H and O–H groups in total. The third kappa shape index (κ3) is 6.74. The molecule has 0 fully saturated rings. The summed E-state index contributed by atoms with van der Waals surface area (Å²) in [5.41, 5.74) is 13.8. The largest absolute Gasteiger partial charge is 0.292 e. The van der Waals surface area contributed by atoms with Crippen molar-refractivity contribution in [1.29, 1.82) is 0 Å². The van der Waals surface area contributed by atoms with Gasteiger partial charge >= 0.3 is 0 Å². The minimum Gasteiger partial charge on any atom is -0.292 e. The Morgan fingerprint density at radius 1 is 0.268 bits per heavy atom. The van der Waals surface area contributed by atoms with Gasteiger partial charge in [-0.3, -0.25) is 4.57 Å². The highest BCUT2D eigenvalue weighted by atomic mass is 15.1. The highest BCUT2D eigenvalue weighted by Gasteiger charge is 2.24. The van der Waals surface area contributed by atoms with Gasteiger partial charge < -0.3 is 0 Å². The van der Waals surface area contributed by atoms with E-state index in [0.29, 0.717) is 0 Å². The van der Waals surface area contributed by atoms with Gasteiger partial charge in [-0.1, -0.05) is 224 Å². The van der Waals surface area contributed by atoms with E-state index in [0.717, 1.165) is 72.7 Å². The first kappa shape index (κ1) is 40.6. The van der Waals surface area contributed by atoms with Crippen LogP contribution in [0.1, 0.15) is 0 Å². The van der Waals surface area contributed by atoms with E-state index < -0.39 is 0 Å². The fraction of sp³-hybridized carbons (Fsp3) is 0. The molecule has 0 radical (unpaired) electrons. The Morgan fingerprint density at radius 3 is 1.25 bits per heavy atom. The molecule has 0 atom stereocenters. The van der Waals surface area contributed by atoms with E-state index in [2.05, 4.69) is 265 Å². The van der Waals surface area contributed by atoms with E-state index in [-0.39, 0.29) is 0 Å². The summed E-state index contributed by atoms with van der Waals surface area (Å²) in [5.74, 6) is 0.881. The molecule has 0 spiro atoms. The van der Waals surface area contributed by atoms with Gasteiger partial charge in [0.15, 0.2) is 0 Å². The van der Waals surface area contributed by atoms with E-state index in [1.807, 2.05) is 0 Å². The van der Waals surface area contributed by atoms with E-state index in [1.54, 1.807) is 0 Å². The summed E-state index contributed by atoms with van der Waals surface area (Å²) in [6.45, 7) is 0. The standard InChI is InChI=1S/C68H43N3/c1-4-20-45(21-5-1)65-67(46-22-6-2-7-23-46)71(68(70-65)47-24-8-3-9-25-47)50-38-36-44(37-39-50)64-43-62(60-41-49-27-11-13-29-52(49)54-31-15-17-33-56(54)60)63-42-61(57-34-18-19-35-58(57)66(63)69-64)59-40-48-26-10-12-28-51(48)53-30-14-16-32-55(53)59/h1-43H. The van der Waals surface area contributed by atoms with Crippen LogP contribution < -0.4 is 0 Å². The van der Waals surface area contributed by atoms with E-state index in [9.17, 15) is 0 Å². The number of hydrogen-bond acceptors (Lipinski definition) is 2. The SMILES string of the molecule is c1ccc(-c2nc(-c3ccccc3)n(-c3ccc(-c4cc(-c5cc6ccccc6c6ccccc56)c5cc(-c6cc7ccccc7c7ccccc67)c6ccccc6c5n4)cc3)c2-c2ccccc2)cc1. The average Bonchev–Trinajstić information content (AvgIpc) is 3.86. The van der Waals surface area contributed by atoms with Crippen molar-refractivity contribution in [3.63, 3.8) is 0 Å². The van der Waals surface area contributed by atoms with Crippen LogP contribution in [-0.2, 0) is 0 Å². The van der Waals surface area contributed by atoms with Crippen LogP contribution in [0, 0.1) is 0 Å². The molecule has 0 amide bonds. The Hall–Kier alpha value is -9.44. The molecule has 0 saturated heterocycles. The lowest BCUT2D eigenvalue weighted by molar-refractivity contribution is 1.07. The minimum atomic E-state index is 0.881. The fourth-order valence-electron chi connectivity index (χ4n) is 11.1. The molecule has 3 heteroatoms. The number of benzene rings is 12. The number of fused-ring (bicyclic) bond motifs is 9. The molecule has 2 heterocycles. The second-order valence-electron chi connectivity index (χ2n) is 18.4. The summed E-state index contributed by atoms with van der Waals surface area (Å²) < 4.78 is 2.32. The molecule has 0 aliphatic heterocycles. The zero-order valence-corrected chi connectivity index (χ0v) is 38.7. The van der Waals surface area contributed by atoms with Crippen molar-refractivity contribution in [1.82, 2.24) is 14.5 Å². The maximum absolute atomic E-state index is 5.71. The molecule has 0 bridgehead atoms. The van der Waals surface area contributed by atoms with E-state index in [4.69, 9.17) is 9.97 Å². The Labute approximate surface area is 411 Å². The molecule has 12 aromatic carbocycles. The zero-order chi connectivity index (χ0) is 46.8. The minimum absolute atomic E-state index is 0.881. The summed E-state index contributed by atoms with van der Waals surface area (Å²) in [6.07, 6.45) is 0. The molecule has 0 aliphatic rings. The summed E-state index contributed by atoms with van der Waals surface area (Å²) in [7, 11) is 0. The van der Waals surface area contributed by atoms with Gasteiger partial charge in [-0.25, -0.2) is 9.97 Å². The van der Waals surface area contributed by atoms with Gasteiger partial charge in [-0.05, 0) is 107 Å². The Morgan fingerprint density at radius 2 is 0.690 bits per heavy atom. The van der Waals surface area contributed by atoms with Crippen molar-refractivity contribution in [2.45, 2.75) is 0 Å². The number of nitrogens with zero attached hydrogens (tertiary/aromatic N) is 3. The third-order valence-electron chi connectivity index (χ3n) is 14.4. The van der Waals surface area contributed by atoms with E-state index >= 15 is 0 Å². The van der Waals surface area contributed by atoms with Crippen LogP contribution in [0.5, 0.6) is 0 Å². The number of imidazole rings is 1. The van der Waals surface area contributed by atoms with Crippen molar-refractivity contribution >= 4 is 64.8 Å². The van der Waals surface area contributed by atoms with Crippen molar-refractivity contribution in [3.05, 3.63) is 261 Å². The normalized spacial score (nSPS) is 11.7. The Balaban J connectivity index is 1.03. The molecule has 330 valence electrons. The second-order valence-corrected chi connectivity index (χ2v) is 18.4. The zero-order valence-electron chi connectivity index (χ0n) is 38.7. The molecule has 0 aliphatic carbocycles. The van der Waals surface area contributed by atoms with Gasteiger partial charge in [0, 0.05) is 38.7 Å². The summed E-state index contributed by atoms with van der Waals surface area (Å²) in [4.78, 5) is 11.2. The first-order chi connectivity index (χ1) is 35.2. The topological polar surface area (TPSA) is 30.7 Å². The van der Waals surface area contributed by atoms with Crippen molar-refractivity contribution in [3.8, 4) is 73.1 Å². The summed E-state index contributed by atoms with van der Waals surface area (Å²) in [6, 6.07) is 94.2.